The Balaban J connectivity index is 2.00. The molecule has 1 aromatic heterocycles. The van der Waals surface area contributed by atoms with Gasteiger partial charge in [-0.25, -0.2) is 23.5 Å². The van der Waals surface area contributed by atoms with E-state index in [1.165, 1.54) is 4.90 Å². The van der Waals surface area contributed by atoms with Gasteiger partial charge in [-0.2, -0.15) is 0 Å². The first-order valence-corrected chi connectivity index (χ1v) is 6.12. The van der Waals surface area contributed by atoms with E-state index in [0.29, 0.717) is 0 Å². The number of nitrogens with zero attached hydrogens (tertiary/aromatic N) is 3. The van der Waals surface area contributed by atoms with Crippen LogP contribution in [0, 0.1) is 5.92 Å². The van der Waals surface area contributed by atoms with Crippen LogP contribution in [-0.4, -0.2) is 51.4 Å². The first-order valence-electron chi connectivity index (χ1n) is 6.12. The van der Waals surface area contributed by atoms with Gasteiger partial charge in [0.15, 0.2) is 5.69 Å². The van der Waals surface area contributed by atoms with E-state index in [9.17, 15) is 18.4 Å². The topological polar surface area (TPSA) is 83.4 Å². The van der Waals surface area contributed by atoms with Crippen molar-refractivity contribution < 1.29 is 23.5 Å². The lowest BCUT2D eigenvalue weighted by atomic mass is 9.97. The van der Waals surface area contributed by atoms with Crippen molar-refractivity contribution in [2.45, 2.75) is 19.3 Å². The van der Waals surface area contributed by atoms with E-state index in [2.05, 4.69) is 9.97 Å². The lowest BCUT2D eigenvalue weighted by Gasteiger charge is -2.31. The third kappa shape index (κ3) is 3.06. The van der Waals surface area contributed by atoms with Crippen LogP contribution < -0.4 is 0 Å². The largest absolute Gasteiger partial charge is 0.476 e. The molecule has 1 aromatic rings. The Morgan fingerprint density at radius 1 is 1.20 bits per heavy atom. The molecule has 6 nitrogen and oxygen atoms in total. The molecule has 0 aliphatic carbocycles. The van der Waals surface area contributed by atoms with Crippen LogP contribution in [0.15, 0.2) is 12.4 Å². The molecule has 0 atom stereocenters. The number of carbonyl (C=O) groups excluding carboxylic acids is 1. The third-order valence-electron chi connectivity index (χ3n) is 3.27. The van der Waals surface area contributed by atoms with Crippen LogP contribution in [0.5, 0.6) is 0 Å². The SMILES string of the molecule is O=C(O)c1cnc(C(=O)N2CCC(C(F)F)CC2)cn1. The van der Waals surface area contributed by atoms with E-state index < -0.39 is 24.2 Å². The van der Waals surface area contributed by atoms with Gasteiger partial charge in [0, 0.05) is 19.0 Å². The van der Waals surface area contributed by atoms with E-state index in [4.69, 9.17) is 5.11 Å². The van der Waals surface area contributed by atoms with Crippen molar-refractivity contribution in [1.82, 2.24) is 14.9 Å². The number of aromatic nitrogens is 2. The standard InChI is InChI=1S/C12H13F2N3O3/c13-10(14)7-1-3-17(4-2-7)11(18)8-5-16-9(6-15-8)12(19)20/h5-7,10H,1-4H2,(H,19,20). The monoisotopic (exact) mass is 285 g/mol. The Morgan fingerprint density at radius 2 is 1.75 bits per heavy atom. The first-order chi connectivity index (χ1) is 9.49. The molecule has 0 spiro atoms. The zero-order valence-electron chi connectivity index (χ0n) is 10.5. The summed E-state index contributed by atoms with van der Waals surface area (Å²) in [7, 11) is 0. The van der Waals surface area contributed by atoms with Gasteiger partial charge in [-0.05, 0) is 12.8 Å². The molecular weight excluding hydrogens is 272 g/mol. The Kier molecular flexibility index (Phi) is 4.21. The molecule has 20 heavy (non-hydrogen) atoms. The van der Waals surface area contributed by atoms with Crippen molar-refractivity contribution in [2.75, 3.05) is 13.1 Å². The van der Waals surface area contributed by atoms with E-state index >= 15 is 0 Å². The second kappa shape index (κ2) is 5.89. The summed E-state index contributed by atoms with van der Waals surface area (Å²) in [6, 6.07) is 0. The average Bonchev–Trinajstić information content (AvgIpc) is 2.46. The van der Waals surface area contributed by atoms with Crippen LogP contribution in [0.2, 0.25) is 0 Å². The highest BCUT2D eigenvalue weighted by Gasteiger charge is 2.29. The number of halogens is 2. The molecule has 1 saturated heterocycles. The number of hydrogen-bond donors (Lipinski definition) is 1. The highest BCUT2D eigenvalue weighted by Crippen LogP contribution is 2.24. The molecule has 1 fully saturated rings. The number of carbonyl (C=O) groups is 2. The quantitative estimate of drug-likeness (QED) is 0.904. The fourth-order valence-corrected chi connectivity index (χ4v) is 2.07. The van der Waals surface area contributed by atoms with Crippen molar-refractivity contribution in [3.8, 4) is 0 Å². The molecule has 1 N–H and O–H groups in total. The number of alkyl halides is 2. The normalized spacial score (nSPS) is 16.4. The van der Waals surface area contributed by atoms with Gasteiger partial charge < -0.3 is 10.0 Å². The molecule has 0 bridgehead atoms. The Labute approximate surface area is 113 Å². The minimum Gasteiger partial charge on any atom is -0.476 e. The highest BCUT2D eigenvalue weighted by atomic mass is 19.3. The summed E-state index contributed by atoms with van der Waals surface area (Å²) in [4.78, 5) is 31.4. The van der Waals surface area contributed by atoms with Crippen molar-refractivity contribution in [2.24, 2.45) is 5.92 Å². The maximum atomic E-state index is 12.5. The van der Waals surface area contributed by atoms with E-state index in [-0.39, 0.29) is 37.3 Å². The van der Waals surface area contributed by atoms with Crippen LogP contribution in [-0.2, 0) is 0 Å². The van der Waals surface area contributed by atoms with Crippen molar-refractivity contribution in [3.63, 3.8) is 0 Å². The fourth-order valence-electron chi connectivity index (χ4n) is 2.07. The number of carboxylic acid groups (broad SMARTS) is 1. The van der Waals surface area contributed by atoms with Crippen LogP contribution in [0.25, 0.3) is 0 Å². The van der Waals surface area contributed by atoms with Crippen molar-refractivity contribution in [1.29, 1.82) is 0 Å². The highest BCUT2D eigenvalue weighted by molar-refractivity contribution is 5.92. The second-order valence-electron chi connectivity index (χ2n) is 4.56. The average molecular weight is 285 g/mol. The van der Waals surface area contributed by atoms with Gasteiger partial charge in [-0.1, -0.05) is 0 Å². The van der Waals surface area contributed by atoms with Crippen LogP contribution >= 0.6 is 0 Å². The molecule has 1 amide bonds. The van der Waals surface area contributed by atoms with Crippen molar-refractivity contribution in [3.05, 3.63) is 23.8 Å². The number of amides is 1. The minimum atomic E-state index is -2.36. The molecule has 1 aliphatic heterocycles. The summed E-state index contributed by atoms with van der Waals surface area (Å²) in [6.07, 6.45) is 0.238. The molecule has 0 saturated carbocycles. The number of piperidine rings is 1. The smallest absolute Gasteiger partial charge is 0.356 e. The van der Waals surface area contributed by atoms with E-state index in [1.54, 1.807) is 0 Å². The zero-order chi connectivity index (χ0) is 14.7. The van der Waals surface area contributed by atoms with Gasteiger partial charge >= 0.3 is 5.97 Å². The van der Waals surface area contributed by atoms with Crippen LogP contribution in [0.4, 0.5) is 8.78 Å². The Morgan fingerprint density at radius 3 is 2.20 bits per heavy atom. The summed E-state index contributed by atoms with van der Waals surface area (Å²) in [5.74, 6) is -2.31. The number of hydrogen-bond acceptors (Lipinski definition) is 4. The molecule has 1 aliphatic rings. The predicted molar refractivity (Wildman–Crippen MR) is 63.6 cm³/mol. The summed E-state index contributed by atoms with van der Waals surface area (Å²) in [5.41, 5.74) is -0.233. The molecule has 0 unspecified atom stereocenters. The van der Waals surface area contributed by atoms with Crippen LogP contribution in [0.1, 0.15) is 33.8 Å². The number of likely N-dealkylation sites (tertiary alicyclic amines) is 1. The third-order valence-corrected chi connectivity index (χ3v) is 3.27. The summed E-state index contributed by atoms with van der Waals surface area (Å²) in [5, 5.41) is 8.68. The lowest BCUT2D eigenvalue weighted by molar-refractivity contribution is 0.0308. The number of carboxylic acids is 1. The fraction of sp³-hybridized carbons (Fsp3) is 0.500. The molecular formula is C12H13F2N3O3. The molecule has 0 aromatic carbocycles. The minimum absolute atomic E-state index is 0.0190. The number of aromatic carboxylic acids is 1. The second-order valence-corrected chi connectivity index (χ2v) is 4.56. The van der Waals surface area contributed by atoms with Crippen LogP contribution in [0.3, 0.4) is 0 Å². The van der Waals surface area contributed by atoms with Gasteiger partial charge in [0.05, 0.1) is 12.4 Å². The van der Waals surface area contributed by atoms with Gasteiger partial charge in [0.2, 0.25) is 6.43 Å². The van der Waals surface area contributed by atoms with Gasteiger partial charge in [-0.3, -0.25) is 4.79 Å². The first kappa shape index (κ1) is 14.3. The molecule has 2 rings (SSSR count). The number of rotatable bonds is 3. The maximum Gasteiger partial charge on any atom is 0.356 e. The molecule has 2 heterocycles. The van der Waals surface area contributed by atoms with Gasteiger partial charge in [-0.15, -0.1) is 0 Å². The van der Waals surface area contributed by atoms with E-state index in [1.807, 2.05) is 0 Å². The summed E-state index contributed by atoms with van der Waals surface area (Å²) >= 11 is 0. The maximum absolute atomic E-state index is 12.5. The predicted octanol–water partition coefficient (Wildman–Crippen LogP) is 1.29. The summed E-state index contributed by atoms with van der Waals surface area (Å²) in [6.45, 7) is 0.492. The van der Waals surface area contributed by atoms with Crippen molar-refractivity contribution >= 4 is 11.9 Å². The lowest BCUT2D eigenvalue weighted by Crippen LogP contribution is -2.40. The molecule has 8 heteroatoms. The van der Waals surface area contributed by atoms with Gasteiger partial charge in [0.1, 0.15) is 5.69 Å². The Bertz CT molecular complexity index is 499. The van der Waals surface area contributed by atoms with E-state index in [0.717, 1.165) is 12.4 Å². The van der Waals surface area contributed by atoms with Gasteiger partial charge in [0.25, 0.3) is 5.91 Å². The molecule has 108 valence electrons. The molecule has 0 radical (unpaired) electrons. The summed E-state index contributed by atoms with van der Waals surface area (Å²) < 4.78 is 25.0. The Hall–Kier alpha value is -2.12. The zero-order valence-corrected chi connectivity index (χ0v) is 10.5.